The fourth-order valence-corrected chi connectivity index (χ4v) is 3.46. The summed E-state index contributed by atoms with van der Waals surface area (Å²) in [5, 5.41) is 2.81. The van der Waals surface area contributed by atoms with E-state index in [2.05, 4.69) is 10.3 Å². The maximum Gasteiger partial charge on any atom is 0.221 e. The number of benzene rings is 1. The monoisotopic (exact) mass is 346 g/mol. The van der Waals surface area contributed by atoms with Crippen LogP contribution in [0.4, 0.5) is 0 Å². The van der Waals surface area contributed by atoms with E-state index < -0.39 is 9.84 Å². The van der Waals surface area contributed by atoms with Crippen LogP contribution in [0.3, 0.4) is 0 Å². The molecule has 5 nitrogen and oxygen atoms in total. The fraction of sp³-hybridized carbons (Fsp3) is 0.333. The van der Waals surface area contributed by atoms with E-state index in [1.165, 1.54) is 0 Å². The molecule has 1 N–H and O–H groups in total. The predicted octanol–water partition coefficient (Wildman–Crippen LogP) is 2.74. The minimum Gasteiger partial charge on any atom is -0.349 e. The molecule has 0 fully saturated rings. The summed E-state index contributed by atoms with van der Waals surface area (Å²) in [5.41, 5.74) is 2.78. The Labute approximate surface area is 143 Å². The quantitative estimate of drug-likeness (QED) is 0.872. The number of hydrogen-bond donors (Lipinski definition) is 1. The Morgan fingerprint density at radius 1 is 1.12 bits per heavy atom. The average molecular weight is 346 g/mol. The number of hydrogen-bond acceptors (Lipinski definition) is 4. The molecule has 0 aliphatic carbocycles. The number of aromatic nitrogens is 1. The number of sulfone groups is 1. The minimum absolute atomic E-state index is 0.0696. The number of nitrogens with one attached hydrogen (secondary N) is 1. The van der Waals surface area contributed by atoms with Crippen LogP contribution in [-0.2, 0) is 14.6 Å². The molecule has 1 heterocycles. The largest absolute Gasteiger partial charge is 0.349 e. The number of carbonyl (C=O) groups is 1. The number of amides is 1. The first-order valence-electron chi connectivity index (χ1n) is 7.79. The van der Waals surface area contributed by atoms with Crippen molar-refractivity contribution in [3.63, 3.8) is 0 Å². The average Bonchev–Trinajstić information content (AvgIpc) is 2.54. The van der Waals surface area contributed by atoms with Gasteiger partial charge in [0, 0.05) is 18.3 Å². The number of rotatable bonds is 6. The van der Waals surface area contributed by atoms with E-state index >= 15 is 0 Å². The van der Waals surface area contributed by atoms with Crippen LogP contribution in [0, 0.1) is 13.8 Å². The number of pyridine rings is 1. The summed E-state index contributed by atoms with van der Waals surface area (Å²) in [6, 6.07) is 10.2. The van der Waals surface area contributed by atoms with Crippen LogP contribution >= 0.6 is 0 Å². The van der Waals surface area contributed by atoms with Gasteiger partial charge in [-0.3, -0.25) is 9.78 Å². The summed E-state index contributed by atoms with van der Waals surface area (Å²) >= 11 is 0. The molecular weight excluding hydrogens is 324 g/mol. The van der Waals surface area contributed by atoms with Crippen molar-refractivity contribution in [3.8, 4) is 0 Å². The van der Waals surface area contributed by atoms with Crippen LogP contribution < -0.4 is 5.32 Å². The van der Waals surface area contributed by atoms with Gasteiger partial charge in [-0.15, -0.1) is 0 Å². The van der Waals surface area contributed by atoms with Gasteiger partial charge in [0.1, 0.15) is 0 Å². The second-order valence-corrected chi connectivity index (χ2v) is 8.01. The minimum atomic E-state index is -3.45. The molecule has 0 spiro atoms. The molecule has 0 saturated carbocycles. The molecule has 2 rings (SSSR count). The molecular formula is C18H22N2O3S. The molecule has 1 atom stereocenters. The van der Waals surface area contributed by atoms with Gasteiger partial charge >= 0.3 is 0 Å². The molecule has 0 saturated heterocycles. The van der Waals surface area contributed by atoms with Gasteiger partial charge in [0.25, 0.3) is 0 Å². The molecule has 24 heavy (non-hydrogen) atoms. The van der Waals surface area contributed by atoms with Crippen molar-refractivity contribution in [3.05, 3.63) is 59.4 Å². The second-order valence-electron chi connectivity index (χ2n) is 5.90. The molecule has 1 aromatic heterocycles. The van der Waals surface area contributed by atoms with Crippen molar-refractivity contribution in [1.29, 1.82) is 0 Å². The highest BCUT2D eigenvalue weighted by Gasteiger charge is 2.17. The predicted molar refractivity (Wildman–Crippen MR) is 93.4 cm³/mol. The van der Waals surface area contributed by atoms with Crippen LogP contribution in [0.2, 0.25) is 0 Å². The highest BCUT2D eigenvalue weighted by molar-refractivity contribution is 7.91. The molecule has 1 amide bonds. The van der Waals surface area contributed by atoms with E-state index in [1.54, 1.807) is 30.5 Å². The zero-order chi connectivity index (χ0) is 17.7. The van der Waals surface area contributed by atoms with Crippen LogP contribution in [-0.4, -0.2) is 25.1 Å². The summed E-state index contributed by atoms with van der Waals surface area (Å²) in [6.07, 6.45) is 1.64. The second kappa shape index (κ2) is 7.57. The SMILES string of the molecule is Cc1ccc(S(=O)(=O)CCC(=O)N[C@@H](C)c2ccc(C)nc2)cc1. The number of carbonyl (C=O) groups excluding carboxylic acids is 1. The lowest BCUT2D eigenvalue weighted by Crippen LogP contribution is -2.28. The molecule has 128 valence electrons. The first-order chi connectivity index (χ1) is 11.3. The molecule has 6 heteroatoms. The van der Waals surface area contributed by atoms with Crippen molar-refractivity contribution in [1.82, 2.24) is 10.3 Å². The van der Waals surface area contributed by atoms with Crippen molar-refractivity contribution in [2.45, 2.75) is 38.1 Å². The number of aryl methyl sites for hydroxylation is 2. The Kier molecular flexibility index (Phi) is 5.72. The van der Waals surface area contributed by atoms with Gasteiger partial charge in [0.2, 0.25) is 5.91 Å². The van der Waals surface area contributed by atoms with Crippen LogP contribution in [0.15, 0.2) is 47.5 Å². The Balaban J connectivity index is 1.92. The van der Waals surface area contributed by atoms with Crippen LogP contribution in [0.1, 0.15) is 36.2 Å². The van der Waals surface area contributed by atoms with Gasteiger partial charge in [-0.1, -0.05) is 23.8 Å². The highest BCUT2D eigenvalue weighted by Crippen LogP contribution is 2.14. The fourth-order valence-electron chi connectivity index (χ4n) is 2.22. The van der Waals surface area contributed by atoms with E-state index in [-0.39, 0.29) is 29.0 Å². The van der Waals surface area contributed by atoms with Gasteiger partial charge in [-0.2, -0.15) is 0 Å². The summed E-state index contributed by atoms with van der Waals surface area (Å²) in [5.74, 6) is -0.500. The lowest BCUT2D eigenvalue weighted by atomic mass is 10.1. The van der Waals surface area contributed by atoms with Gasteiger partial charge in [-0.05, 0) is 44.5 Å². The molecule has 0 unspecified atom stereocenters. The zero-order valence-electron chi connectivity index (χ0n) is 14.1. The van der Waals surface area contributed by atoms with Gasteiger partial charge < -0.3 is 5.32 Å². The Hall–Kier alpha value is -2.21. The van der Waals surface area contributed by atoms with Crippen molar-refractivity contribution in [2.75, 3.05) is 5.75 Å². The number of nitrogens with zero attached hydrogens (tertiary/aromatic N) is 1. The topological polar surface area (TPSA) is 76.1 Å². The summed E-state index contributed by atoms with van der Waals surface area (Å²) in [4.78, 5) is 16.5. The zero-order valence-corrected chi connectivity index (χ0v) is 14.9. The van der Waals surface area contributed by atoms with Crippen molar-refractivity contribution < 1.29 is 13.2 Å². The maximum absolute atomic E-state index is 12.3. The summed E-state index contributed by atoms with van der Waals surface area (Å²) in [6.45, 7) is 5.63. The van der Waals surface area contributed by atoms with Crippen molar-refractivity contribution in [2.24, 2.45) is 0 Å². The van der Waals surface area contributed by atoms with Crippen molar-refractivity contribution >= 4 is 15.7 Å². The molecule has 0 aliphatic heterocycles. The first kappa shape index (κ1) is 18.1. The third kappa shape index (κ3) is 4.89. The Bertz CT molecular complexity index is 797. The van der Waals surface area contributed by atoms with Crippen LogP contribution in [0.25, 0.3) is 0 Å². The Morgan fingerprint density at radius 3 is 2.38 bits per heavy atom. The smallest absolute Gasteiger partial charge is 0.221 e. The third-order valence-corrected chi connectivity index (χ3v) is 5.52. The van der Waals surface area contributed by atoms with E-state index in [4.69, 9.17) is 0 Å². The Morgan fingerprint density at radius 2 is 1.79 bits per heavy atom. The maximum atomic E-state index is 12.3. The molecule has 0 radical (unpaired) electrons. The normalized spacial score (nSPS) is 12.6. The van der Waals surface area contributed by atoms with E-state index in [1.807, 2.05) is 32.9 Å². The summed E-state index contributed by atoms with van der Waals surface area (Å²) in [7, 11) is -3.45. The van der Waals surface area contributed by atoms with Gasteiger partial charge in [-0.25, -0.2) is 8.42 Å². The van der Waals surface area contributed by atoms with Crippen LogP contribution in [0.5, 0.6) is 0 Å². The lowest BCUT2D eigenvalue weighted by Gasteiger charge is -2.14. The van der Waals surface area contributed by atoms with E-state index in [0.717, 1.165) is 16.8 Å². The first-order valence-corrected chi connectivity index (χ1v) is 9.44. The van der Waals surface area contributed by atoms with Gasteiger partial charge in [0.05, 0.1) is 16.7 Å². The summed E-state index contributed by atoms with van der Waals surface area (Å²) < 4.78 is 24.5. The lowest BCUT2D eigenvalue weighted by molar-refractivity contribution is -0.121. The van der Waals surface area contributed by atoms with Gasteiger partial charge in [0.15, 0.2) is 9.84 Å². The highest BCUT2D eigenvalue weighted by atomic mass is 32.2. The van der Waals surface area contributed by atoms with E-state index in [9.17, 15) is 13.2 Å². The third-order valence-electron chi connectivity index (χ3n) is 3.79. The molecule has 1 aromatic carbocycles. The molecule has 0 bridgehead atoms. The molecule has 2 aromatic rings. The molecule has 0 aliphatic rings. The van der Waals surface area contributed by atoms with E-state index in [0.29, 0.717) is 0 Å². The standard InChI is InChI=1S/C18H22N2O3S/c1-13-4-8-17(9-5-13)24(22,23)11-10-18(21)20-15(3)16-7-6-14(2)19-12-16/h4-9,12,15H,10-11H2,1-3H3,(H,20,21)/t15-/m0/s1.